The van der Waals surface area contributed by atoms with Crippen LogP contribution < -0.4 is 14.4 Å². The molecule has 0 bridgehead atoms. The highest BCUT2D eigenvalue weighted by Crippen LogP contribution is 2.36. The Morgan fingerprint density at radius 1 is 1.10 bits per heavy atom. The molecule has 21 heavy (non-hydrogen) atoms. The van der Waals surface area contributed by atoms with Gasteiger partial charge in [0.25, 0.3) is 0 Å². The minimum atomic E-state index is -0.748. The monoisotopic (exact) mass is 290 g/mol. The summed E-state index contributed by atoms with van der Waals surface area (Å²) in [4.78, 5) is 6.27. The van der Waals surface area contributed by atoms with Gasteiger partial charge in [0.2, 0.25) is 0 Å². The molecule has 6 heteroatoms. The lowest BCUT2D eigenvalue weighted by atomic mass is 10.1. The topological polar surface area (TPSA) is 75.1 Å². The third-order valence-corrected chi connectivity index (χ3v) is 3.81. The Labute approximate surface area is 122 Å². The normalized spacial score (nSPS) is 21.8. The predicted molar refractivity (Wildman–Crippen MR) is 79.1 cm³/mol. The Balaban J connectivity index is 2.11. The SMILES string of the molecule is COc1cc2ccnc(N3CC(O)C(O)C3)c2cc1OC. The van der Waals surface area contributed by atoms with Crippen LogP contribution in [-0.4, -0.2) is 54.7 Å². The average Bonchev–Trinajstić information content (AvgIpc) is 2.84. The van der Waals surface area contributed by atoms with E-state index in [9.17, 15) is 10.2 Å². The van der Waals surface area contributed by atoms with E-state index >= 15 is 0 Å². The number of nitrogens with zero attached hydrogens (tertiary/aromatic N) is 2. The largest absolute Gasteiger partial charge is 0.493 e. The first-order chi connectivity index (χ1) is 10.1. The number of methoxy groups -OCH3 is 2. The van der Waals surface area contributed by atoms with Crippen molar-refractivity contribution in [1.82, 2.24) is 4.98 Å². The smallest absolute Gasteiger partial charge is 0.161 e. The Hall–Kier alpha value is -2.05. The van der Waals surface area contributed by atoms with Crippen molar-refractivity contribution in [2.24, 2.45) is 0 Å². The molecule has 0 radical (unpaired) electrons. The van der Waals surface area contributed by atoms with Gasteiger partial charge in [0.1, 0.15) is 5.82 Å². The van der Waals surface area contributed by atoms with Crippen molar-refractivity contribution in [3.63, 3.8) is 0 Å². The maximum atomic E-state index is 9.72. The van der Waals surface area contributed by atoms with E-state index < -0.39 is 12.2 Å². The molecule has 1 aromatic carbocycles. The summed E-state index contributed by atoms with van der Waals surface area (Å²) in [6.45, 7) is 0.725. The van der Waals surface area contributed by atoms with Gasteiger partial charge in [-0.05, 0) is 23.6 Å². The van der Waals surface area contributed by atoms with Gasteiger partial charge in [-0.1, -0.05) is 0 Å². The number of aliphatic hydroxyl groups excluding tert-OH is 2. The zero-order chi connectivity index (χ0) is 15.0. The highest BCUT2D eigenvalue weighted by molar-refractivity contribution is 5.94. The molecule has 2 unspecified atom stereocenters. The van der Waals surface area contributed by atoms with Crippen LogP contribution >= 0.6 is 0 Å². The van der Waals surface area contributed by atoms with Crippen molar-refractivity contribution in [1.29, 1.82) is 0 Å². The van der Waals surface area contributed by atoms with E-state index in [2.05, 4.69) is 4.98 Å². The van der Waals surface area contributed by atoms with Crippen molar-refractivity contribution >= 4 is 16.6 Å². The molecule has 0 saturated carbocycles. The molecule has 6 nitrogen and oxygen atoms in total. The molecular formula is C15H18N2O4. The highest BCUT2D eigenvalue weighted by Gasteiger charge is 2.31. The number of pyridine rings is 1. The maximum absolute atomic E-state index is 9.72. The molecule has 0 aliphatic carbocycles. The van der Waals surface area contributed by atoms with Gasteiger partial charge in [-0.25, -0.2) is 4.98 Å². The van der Waals surface area contributed by atoms with Crippen LogP contribution in [0.1, 0.15) is 0 Å². The Kier molecular flexibility index (Phi) is 3.57. The third-order valence-electron chi connectivity index (χ3n) is 3.81. The van der Waals surface area contributed by atoms with E-state index in [1.165, 1.54) is 0 Å². The van der Waals surface area contributed by atoms with E-state index in [1.54, 1.807) is 20.4 Å². The number of anilines is 1. The summed E-state index contributed by atoms with van der Waals surface area (Å²) in [5.74, 6) is 2.01. The molecule has 1 aliphatic rings. The van der Waals surface area contributed by atoms with Crippen LogP contribution in [0.4, 0.5) is 5.82 Å². The van der Waals surface area contributed by atoms with E-state index in [-0.39, 0.29) is 0 Å². The van der Waals surface area contributed by atoms with E-state index in [1.807, 2.05) is 23.1 Å². The predicted octanol–water partition coefficient (Wildman–Crippen LogP) is 0.794. The van der Waals surface area contributed by atoms with E-state index in [0.29, 0.717) is 24.6 Å². The average molecular weight is 290 g/mol. The first-order valence-electron chi connectivity index (χ1n) is 6.76. The van der Waals surface area contributed by atoms with Crippen molar-refractivity contribution in [2.45, 2.75) is 12.2 Å². The second-order valence-electron chi connectivity index (χ2n) is 5.10. The second-order valence-corrected chi connectivity index (χ2v) is 5.10. The summed E-state index contributed by atoms with van der Waals surface area (Å²) in [7, 11) is 3.18. The number of hydrogen-bond donors (Lipinski definition) is 2. The molecule has 0 amide bonds. The molecule has 1 aromatic heterocycles. The number of benzene rings is 1. The number of rotatable bonds is 3. The van der Waals surface area contributed by atoms with Crippen molar-refractivity contribution in [2.75, 3.05) is 32.2 Å². The van der Waals surface area contributed by atoms with Gasteiger partial charge in [0.05, 0.1) is 26.4 Å². The fraction of sp³-hybridized carbons (Fsp3) is 0.400. The standard InChI is InChI=1S/C15H18N2O4/c1-20-13-5-9-3-4-16-15(10(9)6-14(13)21-2)17-7-11(18)12(19)8-17/h3-6,11-12,18-19H,7-8H2,1-2H3. The van der Waals surface area contributed by atoms with Crippen LogP contribution in [0.2, 0.25) is 0 Å². The fourth-order valence-corrected chi connectivity index (χ4v) is 2.68. The number of aliphatic hydroxyl groups is 2. The fourth-order valence-electron chi connectivity index (χ4n) is 2.68. The molecule has 2 aromatic rings. The number of β-amino-alcohol motifs (C(OH)–C–C–N with tert-alkyl or cyclic N) is 2. The van der Waals surface area contributed by atoms with Gasteiger partial charge in [0, 0.05) is 24.7 Å². The van der Waals surface area contributed by atoms with Crippen LogP contribution in [0, 0.1) is 0 Å². The van der Waals surface area contributed by atoms with Crippen LogP contribution in [0.3, 0.4) is 0 Å². The minimum absolute atomic E-state index is 0.363. The zero-order valence-corrected chi connectivity index (χ0v) is 12.0. The molecule has 1 fully saturated rings. The number of hydrogen-bond acceptors (Lipinski definition) is 6. The third kappa shape index (κ3) is 2.36. The molecule has 1 aliphatic heterocycles. The number of fused-ring (bicyclic) bond motifs is 1. The number of ether oxygens (including phenoxy) is 2. The summed E-state index contributed by atoms with van der Waals surface area (Å²) in [5, 5.41) is 21.3. The van der Waals surface area contributed by atoms with Crippen molar-refractivity contribution in [3.8, 4) is 11.5 Å². The molecule has 2 heterocycles. The van der Waals surface area contributed by atoms with Gasteiger partial charge in [-0.15, -0.1) is 0 Å². The Bertz CT molecular complexity index is 651. The number of aromatic nitrogens is 1. The Morgan fingerprint density at radius 2 is 1.71 bits per heavy atom. The van der Waals surface area contributed by atoms with Crippen molar-refractivity contribution < 1.29 is 19.7 Å². The first-order valence-corrected chi connectivity index (χ1v) is 6.76. The van der Waals surface area contributed by atoms with Crippen LogP contribution in [-0.2, 0) is 0 Å². The molecular weight excluding hydrogens is 272 g/mol. The molecule has 2 N–H and O–H groups in total. The highest BCUT2D eigenvalue weighted by atomic mass is 16.5. The van der Waals surface area contributed by atoms with Crippen LogP contribution in [0.25, 0.3) is 10.8 Å². The van der Waals surface area contributed by atoms with Crippen molar-refractivity contribution in [3.05, 3.63) is 24.4 Å². The zero-order valence-electron chi connectivity index (χ0n) is 12.0. The molecule has 0 spiro atoms. The lowest BCUT2D eigenvalue weighted by Crippen LogP contribution is -2.22. The maximum Gasteiger partial charge on any atom is 0.161 e. The first kappa shape index (κ1) is 13.9. The summed E-state index contributed by atoms with van der Waals surface area (Å²) in [6, 6.07) is 5.65. The minimum Gasteiger partial charge on any atom is -0.493 e. The van der Waals surface area contributed by atoms with E-state index in [4.69, 9.17) is 9.47 Å². The summed E-state index contributed by atoms with van der Waals surface area (Å²) in [6.07, 6.45) is 0.213. The lowest BCUT2D eigenvalue weighted by Gasteiger charge is -2.19. The summed E-state index contributed by atoms with van der Waals surface area (Å²) < 4.78 is 10.6. The molecule has 112 valence electrons. The van der Waals surface area contributed by atoms with Crippen LogP contribution in [0.15, 0.2) is 24.4 Å². The second kappa shape index (κ2) is 5.38. The Morgan fingerprint density at radius 3 is 2.33 bits per heavy atom. The molecule has 2 atom stereocenters. The van der Waals surface area contributed by atoms with Gasteiger partial charge in [-0.3, -0.25) is 0 Å². The van der Waals surface area contributed by atoms with Gasteiger partial charge < -0.3 is 24.6 Å². The van der Waals surface area contributed by atoms with Gasteiger partial charge in [-0.2, -0.15) is 0 Å². The van der Waals surface area contributed by atoms with Gasteiger partial charge >= 0.3 is 0 Å². The van der Waals surface area contributed by atoms with Crippen LogP contribution in [0.5, 0.6) is 11.5 Å². The molecule has 3 rings (SSSR count). The lowest BCUT2D eigenvalue weighted by molar-refractivity contribution is 0.0572. The molecule has 1 saturated heterocycles. The van der Waals surface area contributed by atoms with E-state index in [0.717, 1.165) is 16.6 Å². The van der Waals surface area contributed by atoms with Gasteiger partial charge in [0.15, 0.2) is 11.5 Å². The summed E-state index contributed by atoms with van der Waals surface area (Å²) >= 11 is 0. The quantitative estimate of drug-likeness (QED) is 0.870. The summed E-state index contributed by atoms with van der Waals surface area (Å²) in [5.41, 5.74) is 0.